The van der Waals surface area contributed by atoms with Crippen molar-refractivity contribution in [1.29, 1.82) is 0 Å². The van der Waals surface area contributed by atoms with Crippen molar-refractivity contribution in [3.63, 3.8) is 0 Å². The SMILES string of the molecule is C=CC(=O)c1c(CNc2nc(OC3CCN(C)CC3)nc3c(C(C)C)cnn23)cccc1NC(=O)C1CCNC1. The monoisotopic (exact) mass is 546 g/mol. The number of hydrogen-bond donors (Lipinski definition) is 3. The smallest absolute Gasteiger partial charge is 0.322 e. The maximum atomic E-state index is 13.0. The second kappa shape index (κ2) is 12.1. The van der Waals surface area contributed by atoms with E-state index in [0.29, 0.717) is 41.0 Å². The number of ketones is 1. The Labute approximate surface area is 234 Å². The number of anilines is 2. The summed E-state index contributed by atoms with van der Waals surface area (Å²) in [4.78, 5) is 37.5. The Balaban J connectivity index is 1.43. The maximum Gasteiger partial charge on any atom is 0.322 e. The average molecular weight is 547 g/mol. The number of likely N-dealkylation sites (tertiary alicyclic amines) is 1. The molecule has 1 atom stereocenters. The molecule has 5 rings (SSSR count). The van der Waals surface area contributed by atoms with E-state index in [1.54, 1.807) is 16.8 Å². The van der Waals surface area contributed by atoms with E-state index in [-0.39, 0.29) is 36.2 Å². The number of ether oxygens (including phenoxy) is 1. The lowest BCUT2D eigenvalue weighted by molar-refractivity contribution is -0.119. The van der Waals surface area contributed by atoms with Crippen molar-refractivity contribution in [1.82, 2.24) is 29.8 Å². The average Bonchev–Trinajstić information content (AvgIpc) is 3.63. The van der Waals surface area contributed by atoms with Crippen molar-refractivity contribution in [3.05, 3.63) is 53.7 Å². The van der Waals surface area contributed by atoms with Crippen molar-refractivity contribution < 1.29 is 14.3 Å². The molecule has 2 aromatic heterocycles. The first-order valence-corrected chi connectivity index (χ1v) is 14.0. The molecule has 11 heteroatoms. The van der Waals surface area contributed by atoms with Crippen LogP contribution in [0.3, 0.4) is 0 Å². The van der Waals surface area contributed by atoms with Crippen molar-refractivity contribution >= 4 is 29.0 Å². The zero-order chi connectivity index (χ0) is 28.2. The summed E-state index contributed by atoms with van der Waals surface area (Å²) in [6.07, 6.45) is 5.71. The summed E-state index contributed by atoms with van der Waals surface area (Å²) in [5, 5.41) is 14.1. The van der Waals surface area contributed by atoms with Gasteiger partial charge >= 0.3 is 6.01 Å². The lowest BCUT2D eigenvalue weighted by Crippen LogP contribution is -2.36. The van der Waals surface area contributed by atoms with Crippen LogP contribution in [0.1, 0.15) is 60.5 Å². The summed E-state index contributed by atoms with van der Waals surface area (Å²) in [7, 11) is 2.11. The summed E-state index contributed by atoms with van der Waals surface area (Å²) in [5.41, 5.74) is 3.26. The van der Waals surface area contributed by atoms with Gasteiger partial charge in [0, 0.05) is 31.7 Å². The van der Waals surface area contributed by atoms with Gasteiger partial charge in [0.1, 0.15) is 6.10 Å². The zero-order valence-corrected chi connectivity index (χ0v) is 23.4. The molecule has 2 aliphatic rings. The lowest BCUT2D eigenvalue weighted by Gasteiger charge is -2.28. The topological polar surface area (TPSA) is 126 Å². The molecule has 3 N–H and O–H groups in total. The molecule has 40 heavy (non-hydrogen) atoms. The van der Waals surface area contributed by atoms with Crippen LogP contribution in [-0.4, -0.2) is 75.5 Å². The highest BCUT2D eigenvalue weighted by molar-refractivity contribution is 6.11. The van der Waals surface area contributed by atoms with E-state index >= 15 is 0 Å². The highest BCUT2D eigenvalue weighted by Crippen LogP contribution is 2.27. The van der Waals surface area contributed by atoms with Gasteiger partial charge in [-0.25, -0.2) is 0 Å². The number of allylic oxidation sites excluding steroid dienone is 1. The highest BCUT2D eigenvalue weighted by Gasteiger charge is 2.25. The third-order valence-corrected chi connectivity index (χ3v) is 7.64. The number of hydrogen-bond acceptors (Lipinski definition) is 9. The number of piperidine rings is 1. The van der Waals surface area contributed by atoms with Crippen LogP contribution < -0.4 is 20.7 Å². The second-order valence-electron chi connectivity index (χ2n) is 10.9. The summed E-state index contributed by atoms with van der Waals surface area (Å²) in [5.74, 6) is 0.185. The molecule has 0 aliphatic carbocycles. The molecule has 1 aromatic carbocycles. The normalized spacial score (nSPS) is 18.2. The van der Waals surface area contributed by atoms with Crippen LogP contribution in [0, 0.1) is 5.92 Å². The van der Waals surface area contributed by atoms with E-state index < -0.39 is 0 Å². The number of nitrogens with zero attached hydrogens (tertiary/aromatic N) is 5. The number of carbonyl (C=O) groups is 2. The van der Waals surface area contributed by atoms with Gasteiger partial charge in [-0.1, -0.05) is 32.6 Å². The van der Waals surface area contributed by atoms with Gasteiger partial charge in [-0.3, -0.25) is 9.59 Å². The molecular formula is C29H38N8O3. The Morgan fingerprint density at radius 3 is 2.73 bits per heavy atom. The van der Waals surface area contributed by atoms with Gasteiger partial charge in [0.2, 0.25) is 11.9 Å². The minimum atomic E-state index is -0.266. The molecule has 0 radical (unpaired) electrons. The van der Waals surface area contributed by atoms with Crippen LogP contribution in [0.4, 0.5) is 11.6 Å². The Bertz CT molecular complexity index is 1390. The minimum absolute atomic E-state index is 0.0455. The van der Waals surface area contributed by atoms with Crippen LogP contribution in [0.5, 0.6) is 6.01 Å². The molecule has 212 valence electrons. The molecule has 3 aromatic rings. The van der Waals surface area contributed by atoms with Crippen molar-refractivity contribution in [2.45, 2.75) is 51.7 Å². The van der Waals surface area contributed by atoms with Crippen LogP contribution in [0.25, 0.3) is 5.65 Å². The van der Waals surface area contributed by atoms with E-state index in [4.69, 9.17) is 9.72 Å². The zero-order valence-electron chi connectivity index (χ0n) is 23.4. The van der Waals surface area contributed by atoms with Gasteiger partial charge in [-0.05, 0) is 56.5 Å². The Morgan fingerprint density at radius 2 is 2.02 bits per heavy atom. The molecule has 1 amide bonds. The molecule has 4 heterocycles. The third kappa shape index (κ3) is 6.00. The number of carbonyl (C=O) groups excluding carboxylic acids is 2. The second-order valence-corrected chi connectivity index (χ2v) is 10.9. The van der Waals surface area contributed by atoms with E-state index in [2.05, 4.69) is 58.4 Å². The van der Waals surface area contributed by atoms with Gasteiger partial charge in [0.05, 0.1) is 23.4 Å². The molecular weight excluding hydrogens is 508 g/mol. The van der Waals surface area contributed by atoms with Gasteiger partial charge in [-0.15, -0.1) is 0 Å². The molecule has 2 fully saturated rings. The number of amides is 1. The lowest BCUT2D eigenvalue weighted by atomic mass is 10.00. The van der Waals surface area contributed by atoms with E-state index in [1.807, 2.05) is 12.1 Å². The largest absolute Gasteiger partial charge is 0.460 e. The molecule has 0 bridgehead atoms. The first kappa shape index (κ1) is 27.7. The fourth-order valence-corrected chi connectivity index (χ4v) is 5.23. The highest BCUT2D eigenvalue weighted by atomic mass is 16.5. The van der Waals surface area contributed by atoms with Crippen LogP contribution in [0.15, 0.2) is 37.1 Å². The fourth-order valence-electron chi connectivity index (χ4n) is 5.23. The van der Waals surface area contributed by atoms with E-state index in [0.717, 1.165) is 44.5 Å². The van der Waals surface area contributed by atoms with Gasteiger partial charge in [0.15, 0.2) is 11.4 Å². The fraction of sp³-hybridized carbons (Fsp3) is 0.483. The van der Waals surface area contributed by atoms with Crippen LogP contribution >= 0.6 is 0 Å². The molecule has 2 saturated heterocycles. The van der Waals surface area contributed by atoms with E-state index in [1.165, 1.54) is 6.08 Å². The molecule has 0 spiro atoms. The van der Waals surface area contributed by atoms with Gasteiger partial charge in [-0.2, -0.15) is 19.6 Å². The van der Waals surface area contributed by atoms with Gasteiger partial charge < -0.3 is 25.6 Å². The Morgan fingerprint density at radius 1 is 1.23 bits per heavy atom. The van der Waals surface area contributed by atoms with Crippen LogP contribution in [0.2, 0.25) is 0 Å². The number of nitrogens with one attached hydrogen (secondary N) is 3. The van der Waals surface area contributed by atoms with Gasteiger partial charge in [0.25, 0.3) is 0 Å². The minimum Gasteiger partial charge on any atom is -0.460 e. The maximum absolute atomic E-state index is 13.0. The Kier molecular flexibility index (Phi) is 8.41. The molecule has 0 saturated carbocycles. The standard InChI is InChI=1S/C29H38N8O3/c1-5-24(38)25-19(7-6-8-23(25)33-27(39)20-9-12-30-15-20)16-31-28-35-29(40-21-10-13-36(4)14-11-21)34-26-22(18(2)3)17-32-37(26)28/h5-8,17-18,20-21,30H,1,9-16H2,2-4H3,(H,33,39)(H,31,34,35). The number of rotatable bonds is 10. The van der Waals surface area contributed by atoms with Crippen molar-refractivity contribution in [2.75, 3.05) is 43.9 Å². The molecule has 11 nitrogen and oxygen atoms in total. The molecule has 2 aliphatic heterocycles. The summed E-state index contributed by atoms with van der Waals surface area (Å²) >= 11 is 0. The molecule has 1 unspecified atom stereocenters. The number of aromatic nitrogens is 4. The van der Waals surface area contributed by atoms with E-state index in [9.17, 15) is 9.59 Å². The number of fused-ring (bicyclic) bond motifs is 1. The Hall–Kier alpha value is -3.83. The predicted octanol–water partition coefficient (Wildman–Crippen LogP) is 3.25. The summed E-state index contributed by atoms with van der Waals surface area (Å²) < 4.78 is 7.92. The first-order chi connectivity index (χ1) is 19.3. The van der Waals surface area contributed by atoms with Crippen LogP contribution in [-0.2, 0) is 11.3 Å². The third-order valence-electron chi connectivity index (χ3n) is 7.64. The summed E-state index contributed by atoms with van der Waals surface area (Å²) in [6, 6.07) is 5.74. The predicted molar refractivity (Wildman–Crippen MR) is 154 cm³/mol. The number of benzene rings is 1. The summed E-state index contributed by atoms with van der Waals surface area (Å²) in [6.45, 7) is 11.5. The van der Waals surface area contributed by atoms with Crippen molar-refractivity contribution in [2.24, 2.45) is 5.92 Å². The first-order valence-electron chi connectivity index (χ1n) is 14.0. The quantitative estimate of drug-likeness (QED) is 0.259. The van der Waals surface area contributed by atoms with Crippen molar-refractivity contribution in [3.8, 4) is 6.01 Å².